The first-order chi connectivity index (χ1) is 8.33. The van der Waals surface area contributed by atoms with E-state index in [2.05, 4.69) is 4.98 Å². The predicted molar refractivity (Wildman–Crippen MR) is 62.0 cm³/mol. The van der Waals surface area contributed by atoms with E-state index in [1.165, 1.54) is 6.20 Å². The molecule has 0 atom stereocenters. The third kappa shape index (κ3) is 2.52. The number of ether oxygens (including phenoxy) is 2. The molecular weight excluding hydrogens is 216 g/mol. The van der Waals surface area contributed by atoms with E-state index in [1.54, 1.807) is 25.3 Å². The number of methoxy groups -OCH3 is 1. The number of nitrogens with zero attached hydrogens (tertiary/aromatic N) is 2. The maximum atomic E-state index is 8.74. The summed E-state index contributed by atoms with van der Waals surface area (Å²) in [5.41, 5.74) is 0.317. The predicted octanol–water partition coefficient (Wildman–Crippen LogP) is 2.75. The number of rotatable bonds is 3. The van der Waals surface area contributed by atoms with Crippen molar-refractivity contribution in [3.63, 3.8) is 0 Å². The van der Waals surface area contributed by atoms with Gasteiger partial charge in [0.25, 0.3) is 0 Å². The summed E-state index contributed by atoms with van der Waals surface area (Å²) in [6.45, 7) is 0. The van der Waals surface area contributed by atoms with Crippen LogP contribution < -0.4 is 9.47 Å². The molecule has 0 aliphatic carbocycles. The molecule has 4 nitrogen and oxygen atoms in total. The van der Waals surface area contributed by atoms with Crippen LogP contribution in [0.5, 0.6) is 17.2 Å². The molecule has 0 saturated carbocycles. The Hall–Kier alpha value is -2.54. The molecule has 2 rings (SSSR count). The highest BCUT2D eigenvalue weighted by Gasteiger charge is 2.04. The van der Waals surface area contributed by atoms with Gasteiger partial charge >= 0.3 is 0 Å². The van der Waals surface area contributed by atoms with Gasteiger partial charge in [-0.15, -0.1) is 0 Å². The highest BCUT2D eigenvalue weighted by Crippen LogP contribution is 2.30. The molecule has 0 aliphatic heterocycles. The molecule has 0 bridgehead atoms. The monoisotopic (exact) mass is 226 g/mol. The Labute approximate surface area is 99.1 Å². The average Bonchev–Trinajstić information content (AvgIpc) is 2.39. The van der Waals surface area contributed by atoms with Crippen molar-refractivity contribution in [1.82, 2.24) is 4.98 Å². The lowest BCUT2D eigenvalue weighted by Crippen LogP contribution is -1.91. The van der Waals surface area contributed by atoms with E-state index in [9.17, 15) is 0 Å². The summed E-state index contributed by atoms with van der Waals surface area (Å²) in [5.74, 6) is 1.80. The van der Waals surface area contributed by atoms with Crippen LogP contribution in [0, 0.1) is 11.3 Å². The van der Waals surface area contributed by atoms with Gasteiger partial charge in [0, 0.05) is 12.3 Å². The molecule has 0 amide bonds. The SMILES string of the molecule is COc1ccccc1Oc1ccnc(C#N)c1. The Balaban J connectivity index is 2.28. The third-order valence-electron chi connectivity index (χ3n) is 2.14. The summed E-state index contributed by atoms with van der Waals surface area (Å²) in [6.07, 6.45) is 1.53. The van der Waals surface area contributed by atoms with Crippen molar-refractivity contribution in [2.45, 2.75) is 0 Å². The molecule has 0 saturated heterocycles. The topological polar surface area (TPSA) is 55.1 Å². The van der Waals surface area contributed by atoms with E-state index in [1.807, 2.05) is 24.3 Å². The molecule has 84 valence electrons. The number of benzene rings is 1. The van der Waals surface area contributed by atoms with Crippen LogP contribution in [0.2, 0.25) is 0 Å². The van der Waals surface area contributed by atoms with Crippen molar-refractivity contribution >= 4 is 0 Å². The summed E-state index contributed by atoms with van der Waals surface area (Å²) < 4.78 is 10.8. The van der Waals surface area contributed by atoms with E-state index in [0.29, 0.717) is 22.9 Å². The van der Waals surface area contributed by atoms with Crippen molar-refractivity contribution < 1.29 is 9.47 Å². The van der Waals surface area contributed by atoms with E-state index in [0.717, 1.165) is 0 Å². The van der Waals surface area contributed by atoms with E-state index >= 15 is 0 Å². The first-order valence-electron chi connectivity index (χ1n) is 5.00. The highest BCUT2D eigenvalue weighted by atomic mass is 16.5. The van der Waals surface area contributed by atoms with E-state index < -0.39 is 0 Å². The molecule has 0 N–H and O–H groups in total. The van der Waals surface area contributed by atoms with Crippen LogP contribution in [0.4, 0.5) is 0 Å². The summed E-state index contributed by atoms with van der Waals surface area (Å²) in [5, 5.41) is 8.74. The Kier molecular flexibility index (Phi) is 3.22. The van der Waals surface area contributed by atoms with Gasteiger partial charge in [0.2, 0.25) is 0 Å². The van der Waals surface area contributed by atoms with Crippen molar-refractivity contribution in [2.75, 3.05) is 7.11 Å². The lowest BCUT2D eigenvalue weighted by Gasteiger charge is -2.09. The maximum Gasteiger partial charge on any atom is 0.169 e. The second-order valence-electron chi connectivity index (χ2n) is 3.24. The fourth-order valence-corrected chi connectivity index (χ4v) is 1.37. The molecule has 0 fully saturated rings. The number of hydrogen-bond acceptors (Lipinski definition) is 4. The summed E-state index contributed by atoms with van der Waals surface area (Å²) in [4.78, 5) is 3.87. The summed E-state index contributed by atoms with van der Waals surface area (Å²) in [6, 6.07) is 12.5. The molecule has 0 unspecified atom stereocenters. The lowest BCUT2D eigenvalue weighted by atomic mass is 10.3. The van der Waals surface area contributed by atoms with E-state index in [4.69, 9.17) is 14.7 Å². The number of hydrogen-bond donors (Lipinski definition) is 0. The molecular formula is C13H10N2O2. The quantitative estimate of drug-likeness (QED) is 0.807. The zero-order valence-corrected chi connectivity index (χ0v) is 9.25. The van der Waals surface area contributed by atoms with Gasteiger partial charge in [0.15, 0.2) is 11.5 Å². The second-order valence-corrected chi connectivity index (χ2v) is 3.24. The van der Waals surface area contributed by atoms with Crippen LogP contribution in [0.15, 0.2) is 42.6 Å². The third-order valence-corrected chi connectivity index (χ3v) is 2.14. The first kappa shape index (κ1) is 11.0. The normalized spacial score (nSPS) is 9.41. The molecule has 0 radical (unpaired) electrons. The molecule has 0 aliphatic rings. The molecule has 1 aromatic heterocycles. The van der Waals surface area contributed by atoms with Crippen LogP contribution in [0.1, 0.15) is 5.69 Å². The van der Waals surface area contributed by atoms with Crippen molar-refractivity contribution in [3.8, 4) is 23.3 Å². The van der Waals surface area contributed by atoms with Gasteiger partial charge in [0.05, 0.1) is 7.11 Å². The largest absolute Gasteiger partial charge is 0.493 e. The number of aromatic nitrogens is 1. The van der Waals surface area contributed by atoms with Crippen molar-refractivity contribution in [3.05, 3.63) is 48.3 Å². The fourth-order valence-electron chi connectivity index (χ4n) is 1.37. The number of pyridine rings is 1. The standard InChI is InChI=1S/C13H10N2O2/c1-16-12-4-2-3-5-13(12)17-11-6-7-15-10(8-11)9-14/h2-8H,1H3. The van der Waals surface area contributed by atoms with Gasteiger partial charge < -0.3 is 9.47 Å². The second kappa shape index (κ2) is 4.99. The molecule has 1 heterocycles. The van der Waals surface area contributed by atoms with Gasteiger partial charge in [-0.3, -0.25) is 0 Å². The van der Waals surface area contributed by atoms with Crippen LogP contribution in [0.3, 0.4) is 0 Å². The van der Waals surface area contributed by atoms with Gasteiger partial charge in [-0.05, 0) is 18.2 Å². The van der Waals surface area contributed by atoms with Crippen molar-refractivity contribution in [1.29, 1.82) is 5.26 Å². The van der Waals surface area contributed by atoms with Crippen LogP contribution >= 0.6 is 0 Å². The van der Waals surface area contributed by atoms with Gasteiger partial charge in [0.1, 0.15) is 17.5 Å². The molecule has 1 aromatic carbocycles. The Morgan fingerprint density at radius 2 is 1.94 bits per heavy atom. The van der Waals surface area contributed by atoms with E-state index in [-0.39, 0.29) is 0 Å². The zero-order chi connectivity index (χ0) is 12.1. The Bertz CT molecular complexity index is 561. The minimum absolute atomic E-state index is 0.317. The number of para-hydroxylation sites is 2. The Morgan fingerprint density at radius 3 is 2.65 bits per heavy atom. The summed E-state index contributed by atoms with van der Waals surface area (Å²) >= 11 is 0. The van der Waals surface area contributed by atoms with Crippen molar-refractivity contribution in [2.24, 2.45) is 0 Å². The maximum absolute atomic E-state index is 8.74. The smallest absolute Gasteiger partial charge is 0.169 e. The lowest BCUT2D eigenvalue weighted by molar-refractivity contribution is 0.378. The molecule has 17 heavy (non-hydrogen) atoms. The fraction of sp³-hybridized carbons (Fsp3) is 0.0769. The highest BCUT2D eigenvalue weighted by molar-refractivity contribution is 5.43. The van der Waals surface area contributed by atoms with Gasteiger partial charge in [-0.2, -0.15) is 5.26 Å². The van der Waals surface area contributed by atoms with Crippen LogP contribution in [-0.4, -0.2) is 12.1 Å². The van der Waals surface area contributed by atoms with Gasteiger partial charge in [-0.25, -0.2) is 4.98 Å². The minimum atomic E-state index is 0.317. The van der Waals surface area contributed by atoms with Crippen LogP contribution in [-0.2, 0) is 0 Å². The molecule has 0 spiro atoms. The van der Waals surface area contributed by atoms with Crippen LogP contribution in [0.25, 0.3) is 0 Å². The first-order valence-corrected chi connectivity index (χ1v) is 5.00. The van der Waals surface area contributed by atoms with Gasteiger partial charge in [-0.1, -0.05) is 12.1 Å². The number of nitriles is 1. The zero-order valence-electron chi connectivity index (χ0n) is 9.25. The minimum Gasteiger partial charge on any atom is -0.493 e. The molecule has 2 aromatic rings. The average molecular weight is 226 g/mol. The molecule has 4 heteroatoms. The Morgan fingerprint density at radius 1 is 1.18 bits per heavy atom. The summed E-state index contributed by atoms with van der Waals surface area (Å²) in [7, 11) is 1.58.